The van der Waals surface area contributed by atoms with Crippen molar-refractivity contribution >= 4 is 11.8 Å². The number of methoxy groups -OCH3 is 2. The van der Waals surface area contributed by atoms with Crippen LogP contribution in [0.2, 0.25) is 0 Å². The molecule has 2 N–H and O–H groups in total. The van der Waals surface area contributed by atoms with Gasteiger partial charge in [-0.3, -0.25) is 9.59 Å². The minimum atomic E-state index is -0.780. The molecule has 32 heavy (non-hydrogen) atoms. The number of carbonyl (C=O) groups excluding carboxylic acids is 2. The first-order chi connectivity index (χ1) is 15.4. The van der Waals surface area contributed by atoms with Crippen LogP contribution in [-0.4, -0.2) is 32.1 Å². The van der Waals surface area contributed by atoms with Crippen LogP contribution in [0.25, 0.3) is 0 Å². The molecule has 3 aromatic rings. The van der Waals surface area contributed by atoms with Crippen LogP contribution in [0.3, 0.4) is 0 Å². The van der Waals surface area contributed by atoms with Crippen LogP contribution in [0.1, 0.15) is 40.2 Å². The van der Waals surface area contributed by atoms with Crippen molar-refractivity contribution in [1.82, 2.24) is 10.6 Å². The zero-order valence-electron chi connectivity index (χ0n) is 18.7. The summed E-state index contributed by atoms with van der Waals surface area (Å²) in [7, 11) is 3.15. The average molecular weight is 437 g/mol. The molecule has 0 aliphatic heterocycles. The maximum absolute atomic E-state index is 13.2. The van der Waals surface area contributed by atoms with Gasteiger partial charge >= 0.3 is 0 Å². The number of nitrogens with one attached hydrogen (secondary N) is 2. The molecule has 0 radical (unpaired) electrons. The molecule has 1 aromatic heterocycles. The fraction of sp³-hybridized carbons (Fsp3) is 0.280. The first kappa shape index (κ1) is 22.9. The Balaban J connectivity index is 1.80. The lowest BCUT2D eigenvalue weighted by Gasteiger charge is -2.23. The van der Waals surface area contributed by atoms with E-state index in [1.165, 1.54) is 6.26 Å². The highest BCUT2D eigenvalue weighted by atomic mass is 16.5. The van der Waals surface area contributed by atoms with Crippen LogP contribution in [0, 0.1) is 6.92 Å². The first-order valence-electron chi connectivity index (χ1n) is 10.3. The van der Waals surface area contributed by atoms with E-state index in [0.29, 0.717) is 17.9 Å². The molecule has 0 fully saturated rings. The number of furan rings is 1. The molecule has 7 nitrogen and oxygen atoms in total. The largest absolute Gasteiger partial charge is 0.493 e. The zero-order valence-corrected chi connectivity index (χ0v) is 18.7. The molecule has 2 aromatic carbocycles. The van der Waals surface area contributed by atoms with Crippen molar-refractivity contribution in [1.29, 1.82) is 0 Å². The third kappa shape index (κ3) is 5.49. The minimum absolute atomic E-state index is 0.152. The monoisotopic (exact) mass is 436 g/mol. The second kappa shape index (κ2) is 10.5. The molecule has 0 aliphatic carbocycles. The Hall–Kier alpha value is -3.74. The quantitative estimate of drug-likeness (QED) is 0.532. The van der Waals surface area contributed by atoms with Gasteiger partial charge in [-0.2, -0.15) is 0 Å². The van der Waals surface area contributed by atoms with Gasteiger partial charge in [-0.1, -0.05) is 30.3 Å². The summed E-state index contributed by atoms with van der Waals surface area (Å²) in [4.78, 5) is 25.8. The summed E-state index contributed by atoms with van der Waals surface area (Å²) in [6, 6.07) is 15.3. The van der Waals surface area contributed by atoms with Crippen molar-refractivity contribution in [3.05, 3.63) is 83.3 Å². The summed E-state index contributed by atoms with van der Waals surface area (Å²) < 4.78 is 15.9. The summed E-state index contributed by atoms with van der Waals surface area (Å²) in [6.45, 7) is 3.83. The number of benzene rings is 2. The van der Waals surface area contributed by atoms with Gasteiger partial charge in [0.15, 0.2) is 17.3 Å². The standard InChI is InChI=1S/C25H28N2O5/c1-16-13-22(30-3)23(31-4)15-19(16)17(2)26-24(28)20(14-18-9-6-5-7-10-18)27-25(29)21-11-8-12-32-21/h5-13,15,17,20H,14H2,1-4H3,(H,26,28)(H,27,29). The topological polar surface area (TPSA) is 89.8 Å². The second-order valence-electron chi connectivity index (χ2n) is 7.49. The molecular formula is C25H28N2O5. The van der Waals surface area contributed by atoms with Crippen molar-refractivity contribution in [3.8, 4) is 11.5 Å². The van der Waals surface area contributed by atoms with Gasteiger partial charge in [0.25, 0.3) is 5.91 Å². The van der Waals surface area contributed by atoms with E-state index in [0.717, 1.165) is 16.7 Å². The van der Waals surface area contributed by atoms with Gasteiger partial charge in [0.1, 0.15) is 6.04 Å². The van der Waals surface area contributed by atoms with E-state index < -0.39 is 11.9 Å². The molecule has 2 unspecified atom stereocenters. The molecule has 168 valence electrons. The van der Waals surface area contributed by atoms with Crippen molar-refractivity contribution in [2.24, 2.45) is 0 Å². The van der Waals surface area contributed by atoms with E-state index in [1.807, 2.05) is 56.3 Å². The molecule has 0 saturated carbocycles. The Morgan fingerprint density at radius 2 is 1.66 bits per heavy atom. The van der Waals surface area contributed by atoms with Gasteiger partial charge in [0.05, 0.1) is 26.5 Å². The molecule has 0 bridgehead atoms. The van der Waals surface area contributed by atoms with Crippen molar-refractivity contribution in [2.45, 2.75) is 32.4 Å². The van der Waals surface area contributed by atoms with E-state index in [1.54, 1.807) is 26.4 Å². The number of ether oxygens (including phenoxy) is 2. The van der Waals surface area contributed by atoms with Crippen LogP contribution in [0.5, 0.6) is 11.5 Å². The smallest absolute Gasteiger partial charge is 0.287 e. The summed E-state index contributed by atoms with van der Waals surface area (Å²) >= 11 is 0. The van der Waals surface area contributed by atoms with Crippen LogP contribution < -0.4 is 20.1 Å². The predicted octanol–water partition coefficient (Wildman–Crippen LogP) is 3.82. The fourth-order valence-electron chi connectivity index (χ4n) is 3.55. The van der Waals surface area contributed by atoms with E-state index in [2.05, 4.69) is 10.6 Å². The van der Waals surface area contributed by atoms with Crippen molar-refractivity contribution in [2.75, 3.05) is 14.2 Å². The molecule has 0 aliphatic rings. The van der Waals surface area contributed by atoms with Crippen LogP contribution in [0.15, 0.2) is 65.3 Å². The molecule has 1 heterocycles. The van der Waals surface area contributed by atoms with Gasteiger partial charge in [-0.25, -0.2) is 0 Å². The number of rotatable bonds is 9. The van der Waals surface area contributed by atoms with Crippen LogP contribution in [0.4, 0.5) is 0 Å². The minimum Gasteiger partial charge on any atom is -0.493 e. The molecule has 3 rings (SSSR count). The second-order valence-corrected chi connectivity index (χ2v) is 7.49. The molecule has 2 amide bonds. The highest BCUT2D eigenvalue weighted by Crippen LogP contribution is 2.32. The molecule has 7 heteroatoms. The number of amides is 2. The highest BCUT2D eigenvalue weighted by molar-refractivity contribution is 5.95. The highest BCUT2D eigenvalue weighted by Gasteiger charge is 2.25. The summed E-state index contributed by atoms with van der Waals surface area (Å²) in [5, 5.41) is 5.81. The number of carbonyl (C=O) groups is 2. The summed E-state index contributed by atoms with van der Waals surface area (Å²) in [5.41, 5.74) is 2.78. The Kier molecular flexibility index (Phi) is 7.54. The molecule has 2 atom stereocenters. The predicted molar refractivity (Wildman–Crippen MR) is 121 cm³/mol. The van der Waals surface area contributed by atoms with Gasteiger partial charge in [0, 0.05) is 6.42 Å². The van der Waals surface area contributed by atoms with Gasteiger partial charge in [-0.15, -0.1) is 0 Å². The third-order valence-corrected chi connectivity index (χ3v) is 5.25. The average Bonchev–Trinajstić information content (AvgIpc) is 3.34. The number of hydrogen-bond acceptors (Lipinski definition) is 5. The zero-order chi connectivity index (χ0) is 23.1. The lowest BCUT2D eigenvalue weighted by atomic mass is 10.00. The lowest BCUT2D eigenvalue weighted by molar-refractivity contribution is -0.123. The van der Waals surface area contributed by atoms with E-state index in [9.17, 15) is 9.59 Å². The lowest BCUT2D eigenvalue weighted by Crippen LogP contribution is -2.48. The molecule has 0 saturated heterocycles. The van der Waals surface area contributed by atoms with Crippen LogP contribution in [-0.2, 0) is 11.2 Å². The van der Waals surface area contributed by atoms with Crippen LogP contribution >= 0.6 is 0 Å². The Labute approximate surface area is 187 Å². The van der Waals surface area contributed by atoms with Gasteiger partial charge in [0.2, 0.25) is 5.91 Å². The Morgan fingerprint density at radius 3 is 2.28 bits per heavy atom. The summed E-state index contributed by atoms with van der Waals surface area (Å²) in [5.74, 6) is 0.622. The maximum Gasteiger partial charge on any atom is 0.287 e. The maximum atomic E-state index is 13.2. The molecule has 0 spiro atoms. The number of aryl methyl sites for hydroxylation is 1. The van der Waals surface area contributed by atoms with Crippen molar-refractivity contribution in [3.63, 3.8) is 0 Å². The van der Waals surface area contributed by atoms with Crippen molar-refractivity contribution < 1.29 is 23.5 Å². The molecular weight excluding hydrogens is 408 g/mol. The van der Waals surface area contributed by atoms with E-state index in [4.69, 9.17) is 13.9 Å². The summed E-state index contributed by atoms with van der Waals surface area (Å²) in [6.07, 6.45) is 1.76. The Morgan fingerprint density at radius 1 is 0.969 bits per heavy atom. The SMILES string of the molecule is COc1cc(C)c(C(C)NC(=O)C(Cc2ccccc2)NC(=O)c2ccco2)cc1OC. The third-order valence-electron chi connectivity index (χ3n) is 5.25. The normalized spacial score (nSPS) is 12.5. The van der Waals surface area contributed by atoms with Gasteiger partial charge < -0.3 is 24.5 Å². The Bertz CT molecular complexity index is 1050. The number of hydrogen-bond donors (Lipinski definition) is 2. The first-order valence-corrected chi connectivity index (χ1v) is 10.3. The van der Waals surface area contributed by atoms with Gasteiger partial charge in [-0.05, 0) is 54.8 Å². The van der Waals surface area contributed by atoms with E-state index in [-0.39, 0.29) is 17.7 Å². The van der Waals surface area contributed by atoms with E-state index >= 15 is 0 Å². The fourth-order valence-corrected chi connectivity index (χ4v) is 3.55.